The fourth-order valence-corrected chi connectivity index (χ4v) is 1.71. The van der Waals surface area contributed by atoms with E-state index in [-0.39, 0.29) is 30.0 Å². The maximum Gasteiger partial charge on any atom is 0.338 e. The molecule has 0 amide bonds. The van der Waals surface area contributed by atoms with Crippen LogP contribution in [-0.2, 0) is 14.3 Å². The van der Waals surface area contributed by atoms with Crippen molar-refractivity contribution in [1.82, 2.24) is 0 Å². The van der Waals surface area contributed by atoms with Crippen LogP contribution in [0.4, 0.5) is 0 Å². The molecule has 0 unspecified atom stereocenters. The molecule has 0 spiro atoms. The molecule has 4 heteroatoms. The number of aliphatic hydroxyl groups excluding tert-OH is 1. The summed E-state index contributed by atoms with van der Waals surface area (Å²) in [5, 5.41) is 9.81. The lowest BCUT2D eigenvalue weighted by Gasteiger charge is -2.22. The first-order chi connectivity index (χ1) is 8.40. The Labute approximate surface area is 107 Å². The maximum atomic E-state index is 11.5. The first kappa shape index (κ1) is 14.2. The summed E-state index contributed by atoms with van der Waals surface area (Å²) >= 11 is 0. The zero-order chi connectivity index (χ0) is 13.8. The molecule has 1 heterocycles. The number of rotatable bonds is 5. The number of ether oxygens (including phenoxy) is 1. The highest BCUT2D eigenvalue weighted by Gasteiger charge is 2.42. The predicted octanol–water partition coefficient (Wildman–Crippen LogP) is 2.62. The zero-order valence-electron chi connectivity index (χ0n) is 10.9. The van der Waals surface area contributed by atoms with Crippen LogP contribution in [0.5, 0.6) is 0 Å². The molecular formula is C14H18O4. The van der Waals surface area contributed by atoms with Crippen molar-refractivity contribution in [1.29, 1.82) is 0 Å². The highest BCUT2D eigenvalue weighted by Crippen LogP contribution is 2.34. The highest BCUT2D eigenvalue weighted by molar-refractivity contribution is 5.92. The molecule has 0 aromatic rings. The molecule has 0 saturated heterocycles. The molecule has 1 aliphatic rings. The van der Waals surface area contributed by atoms with Crippen LogP contribution >= 0.6 is 0 Å². The average Bonchev–Trinajstić information content (AvgIpc) is 2.52. The van der Waals surface area contributed by atoms with E-state index in [2.05, 4.69) is 0 Å². The van der Waals surface area contributed by atoms with Gasteiger partial charge in [-0.15, -0.1) is 0 Å². The smallest absolute Gasteiger partial charge is 0.338 e. The van der Waals surface area contributed by atoms with Crippen molar-refractivity contribution < 1.29 is 19.4 Å². The first-order valence-corrected chi connectivity index (χ1v) is 5.86. The SMILES string of the molecule is C/C=C\C=C/C(=O)CC[C@@]1(C)OC(=O)C(C)=C1O. The van der Waals surface area contributed by atoms with Crippen LogP contribution in [0.15, 0.2) is 35.6 Å². The summed E-state index contributed by atoms with van der Waals surface area (Å²) in [6, 6.07) is 0. The van der Waals surface area contributed by atoms with Gasteiger partial charge in [0, 0.05) is 12.8 Å². The molecule has 1 aliphatic heterocycles. The Kier molecular flexibility index (Phi) is 4.48. The Bertz CT molecular complexity index is 443. The molecule has 98 valence electrons. The molecular weight excluding hydrogens is 232 g/mol. The number of carbonyl (C=O) groups is 2. The molecule has 0 bridgehead atoms. The van der Waals surface area contributed by atoms with Gasteiger partial charge >= 0.3 is 5.97 Å². The van der Waals surface area contributed by atoms with Crippen LogP contribution in [0.25, 0.3) is 0 Å². The Morgan fingerprint density at radius 1 is 1.44 bits per heavy atom. The van der Waals surface area contributed by atoms with E-state index in [1.165, 1.54) is 13.0 Å². The van der Waals surface area contributed by atoms with Crippen LogP contribution in [0.3, 0.4) is 0 Å². The van der Waals surface area contributed by atoms with E-state index in [0.29, 0.717) is 0 Å². The van der Waals surface area contributed by atoms with Gasteiger partial charge in [0.25, 0.3) is 0 Å². The van der Waals surface area contributed by atoms with Crippen molar-refractivity contribution in [3.63, 3.8) is 0 Å². The van der Waals surface area contributed by atoms with Crippen LogP contribution < -0.4 is 0 Å². The minimum atomic E-state index is -1.06. The number of ketones is 1. The predicted molar refractivity (Wildman–Crippen MR) is 68.0 cm³/mol. The van der Waals surface area contributed by atoms with Gasteiger partial charge in [0.05, 0.1) is 5.57 Å². The van der Waals surface area contributed by atoms with Crippen LogP contribution in [0, 0.1) is 0 Å². The lowest BCUT2D eigenvalue weighted by atomic mass is 9.95. The average molecular weight is 250 g/mol. The maximum absolute atomic E-state index is 11.5. The van der Waals surface area contributed by atoms with Gasteiger partial charge in [0.15, 0.2) is 11.4 Å². The van der Waals surface area contributed by atoms with E-state index in [0.717, 1.165) is 0 Å². The normalized spacial score (nSPS) is 24.3. The number of aliphatic hydroxyl groups is 1. The topological polar surface area (TPSA) is 63.6 Å². The van der Waals surface area contributed by atoms with Gasteiger partial charge in [-0.3, -0.25) is 4.79 Å². The zero-order valence-corrected chi connectivity index (χ0v) is 10.9. The molecule has 0 saturated carbocycles. The van der Waals surface area contributed by atoms with E-state index < -0.39 is 11.6 Å². The fourth-order valence-electron chi connectivity index (χ4n) is 1.71. The van der Waals surface area contributed by atoms with Gasteiger partial charge in [-0.1, -0.05) is 18.2 Å². The van der Waals surface area contributed by atoms with Crippen molar-refractivity contribution >= 4 is 11.8 Å². The van der Waals surface area contributed by atoms with E-state index in [4.69, 9.17) is 4.74 Å². The largest absolute Gasteiger partial charge is 0.507 e. The number of cyclic esters (lactones) is 1. The summed E-state index contributed by atoms with van der Waals surface area (Å²) in [4.78, 5) is 22.8. The van der Waals surface area contributed by atoms with Gasteiger partial charge in [0.1, 0.15) is 5.76 Å². The molecule has 1 rings (SSSR count). The molecule has 0 aromatic carbocycles. The molecule has 0 aliphatic carbocycles. The van der Waals surface area contributed by atoms with Crippen molar-refractivity contribution in [2.45, 2.75) is 39.2 Å². The van der Waals surface area contributed by atoms with Gasteiger partial charge in [-0.2, -0.15) is 0 Å². The Morgan fingerprint density at radius 2 is 2.11 bits per heavy atom. The number of esters is 1. The summed E-state index contributed by atoms with van der Waals surface area (Å²) in [6.45, 7) is 4.98. The summed E-state index contributed by atoms with van der Waals surface area (Å²) < 4.78 is 5.10. The molecule has 1 atom stereocenters. The minimum absolute atomic E-state index is 0.0669. The summed E-state index contributed by atoms with van der Waals surface area (Å²) in [5.74, 6) is -0.660. The number of carbonyl (C=O) groups excluding carboxylic acids is 2. The lowest BCUT2D eigenvalue weighted by molar-refractivity contribution is -0.148. The summed E-state index contributed by atoms with van der Waals surface area (Å²) in [5.41, 5.74) is -0.847. The van der Waals surface area contributed by atoms with Crippen LogP contribution in [-0.4, -0.2) is 22.5 Å². The van der Waals surface area contributed by atoms with Gasteiger partial charge in [-0.05, 0) is 26.8 Å². The van der Waals surface area contributed by atoms with Gasteiger partial charge in [-0.25, -0.2) is 4.79 Å². The Hall–Kier alpha value is -1.84. The third kappa shape index (κ3) is 3.09. The number of hydrogen-bond acceptors (Lipinski definition) is 4. The lowest BCUT2D eigenvalue weighted by Crippen LogP contribution is -2.28. The fraction of sp³-hybridized carbons (Fsp3) is 0.429. The number of hydrogen-bond donors (Lipinski definition) is 1. The molecule has 0 aromatic heterocycles. The summed E-state index contributed by atoms with van der Waals surface area (Å²) in [6.07, 6.45) is 7.20. The van der Waals surface area contributed by atoms with E-state index in [1.54, 1.807) is 19.1 Å². The third-order valence-corrected chi connectivity index (χ3v) is 2.91. The first-order valence-electron chi connectivity index (χ1n) is 5.86. The van der Waals surface area contributed by atoms with Crippen molar-refractivity contribution in [2.24, 2.45) is 0 Å². The molecule has 0 fully saturated rings. The van der Waals surface area contributed by atoms with Crippen molar-refractivity contribution in [3.05, 3.63) is 35.6 Å². The van der Waals surface area contributed by atoms with E-state index >= 15 is 0 Å². The quantitative estimate of drug-likeness (QED) is 0.463. The Balaban J connectivity index is 2.59. The second-order valence-electron chi connectivity index (χ2n) is 4.45. The van der Waals surface area contributed by atoms with E-state index in [9.17, 15) is 14.7 Å². The van der Waals surface area contributed by atoms with Gasteiger partial charge < -0.3 is 9.84 Å². The standard InChI is InChI=1S/C14H18O4/c1-4-5-6-7-11(15)8-9-14(3)12(16)10(2)13(17)18-14/h4-7,16H,8-9H2,1-3H3/b5-4-,7-6-/t14-/m1/s1. The third-order valence-electron chi connectivity index (χ3n) is 2.91. The summed E-state index contributed by atoms with van der Waals surface area (Å²) in [7, 11) is 0. The van der Waals surface area contributed by atoms with Crippen molar-refractivity contribution in [2.75, 3.05) is 0 Å². The second kappa shape index (κ2) is 5.67. The van der Waals surface area contributed by atoms with Crippen LogP contribution in [0.1, 0.15) is 33.6 Å². The molecule has 1 N–H and O–H groups in total. The monoisotopic (exact) mass is 250 g/mol. The van der Waals surface area contributed by atoms with Crippen molar-refractivity contribution in [3.8, 4) is 0 Å². The molecule has 4 nitrogen and oxygen atoms in total. The van der Waals surface area contributed by atoms with E-state index in [1.807, 2.05) is 13.0 Å². The number of allylic oxidation sites excluding steroid dienone is 4. The minimum Gasteiger partial charge on any atom is -0.507 e. The molecule has 18 heavy (non-hydrogen) atoms. The second-order valence-corrected chi connectivity index (χ2v) is 4.45. The Morgan fingerprint density at radius 3 is 2.61 bits per heavy atom. The highest BCUT2D eigenvalue weighted by atomic mass is 16.6. The van der Waals surface area contributed by atoms with Crippen LogP contribution in [0.2, 0.25) is 0 Å². The van der Waals surface area contributed by atoms with Gasteiger partial charge in [0.2, 0.25) is 0 Å². The molecule has 0 radical (unpaired) electrons.